The summed E-state index contributed by atoms with van der Waals surface area (Å²) in [5.74, 6) is 0.306. The minimum Gasteiger partial charge on any atom is -0.416 e. The first-order chi connectivity index (χ1) is 12.6. The van der Waals surface area contributed by atoms with Crippen molar-refractivity contribution in [2.24, 2.45) is 0 Å². The number of nitrogens with zero attached hydrogens (tertiary/aromatic N) is 3. The van der Waals surface area contributed by atoms with Gasteiger partial charge in [-0.3, -0.25) is 4.79 Å². The molecule has 1 N–H and O–H groups in total. The number of carbonyl (C=O) groups excluding carboxylic acids is 1. The molecule has 0 saturated heterocycles. The molecule has 1 heterocycles. The summed E-state index contributed by atoms with van der Waals surface area (Å²) >= 11 is 1.19. The van der Waals surface area contributed by atoms with Crippen molar-refractivity contribution in [2.75, 3.05) is 5.32 Å². The zero-order valence-electron chi connectivity index (χ0n) is 14.0. The van der Waals surface area contributed by atoms with E-state index in [2.05, 4.69) is 15.5 Å². The van der Waals surface area contributed by atoms with Gasteiger partial charge in [-0.2, -0.15) is 5.26 Å². The van der Waals surface area contributed by atoms with Gasteiger partial charge in [-0.25, -0.2) is 0 Å². The van der Waals surface area contributed by atoms with E-state index in [1.807, 2.05) is 36.4 Å². The van der Waals surface area contributed by atoms with Crippen LogP contribution in [0.2, 0.25) is 0 Å². The summed E-state index contributed by atoms with van der Waals surface area (Å²) in [6.45, 7) is 1.76. The molecule has 1 amide bonds. The molecule has 3 rings (SSSR count). The highest BCUT2D eigenvalue weighted by molar-refractivity contribution is 8.00. The molecule has 0 saturated carbocycles. The van der Waals surface area contributed by atoms with Crippen molar-refractivity contribution in [1.29, 1.82) is 5.26 Å². The van der Waals surface area contributed by atoms with Gasteiger partial charge < -0.3 is 9.73 Å². The van der Waals surface area contributed by atoms with Gasteiger partial charge in [0, 0.05) is 5.69 Å². The van der Waals surface area contributed by atoms with Gasteiger partial charge in [-0.15, -0.1) is 10.2 Å². The van der Waals surface area contributed by atoms with E-state index >= 15 is 0 Å². The Balaban J connectivity index is 1.58. The monoisotopic (exact) mass is 364 g/mol. The molecular weight excluding hydrogens is 348 g/mol. The molecule has 2 aromatic carbocycles. The van der Waals surface area contributed by atoms with Gasteiger partial charge in [0.15, 0.2) is 0 Å². The largest absolute Gasteiger partial charge is 0.416 e. The van der Waals surface area contributed by atoms with Crippen molar-refractivity contribution in [2.45, 2.75) is 23.8 Å². The number of hydrogen-bond donors (Lipinski definition) is 1. The molecule has 0 aliphatic rings. The van der Waals surface area contributed by atoms with Crippen LogP contribution in [0, 0.1) is 11.3 Å². The van der Waals surface area contributed by atoms with Crippen LogP contribution in [-0.2, 0) is 11.2 Å². The Kier molecular flexibility index (Phi) is 5.66. The fourth-order valence-electron chi connectivity index (χ4n) is 2.24. The second kappa shape index (κ2) is 8.32. The van der Waals surface area contributed by atoms with E-state index in [-0.39, 0.29) is 5.91 Å². The molecule has 6 nitrogen and oxygen atoms in total. The van der Waals surface area contributed by atoms with E-state index in [4.69, 9.17) is 9.68 Å². The quantitative estimate of drug-likeness (QED) is 0.671. The molecule has 0 radical (unpaired) electrons. The second-order valence-electron chi connectivity index (χ2n) is 5.57. The maximum Gasteiger partial charge on any atom is 0.277 e. The van der Waals surface area contributed by atoms with Crippen molar-refractivity contribution in [3.8, 4) is 6.07 Å². The molecule has 3 aromatic rings. The number of anilines is 1. The third kappa shape index (κ3) is 4.71. The van der Waals surface area contributed by atoms with Crippen molar-refractivity contribution in [1.82, 2.24) is 10.2 Å². The molecule has 26 heavy (non-hydrogen) atoms. The van der Waals surface area contributed by atoms with Crippen LogP contribution in [-0.4, -0.2) is 21.4 Å². The highest BCUT2D eigenvalue weighted by Gasteiger charge is 2.18. The zero-order valence-corrected chi connectivity index (χ0v) is 14.9. The number of benzene rings is 2. The molecule has 7 heteroatoms. The molecule has 0 spiro atoms. The standard InChI is InChI=1S/C19H16N4O2S/c1-13(18(24)21-16-9-5-8-15(10-16)12-20)26-19-23-22-17(25-19)11-14-6-3-2-4-7-14/h2-10,13H,11H2,1H3,(H,21,24). The normalized spacial score (nSPS) is 11.5. The van der Waals surface area contributed by atoms with E-state index < -0.39 is 5.25 Å². The minimum absolute atomic E-state index is 0.201. The third-order valence-corrected chi connectivity index (χ3v) is 4.49. The van der Waals surface area contributed by atoms with Crippen LogP contribution in [0.5, 0.6) is 0 Å². The van der Waals surface area contributed by atoms with Gasteiger partial charge in [0.25, 0.3) is 5.22 Å². The molecule has 1 unspecified atom stereocenters. The second-order valence-corrected chi connectivity index (χ2v) is 6.86. The topological polar surface area (TPSA) is 91.8 Å². The predicted molar refractivity (Wildman–Crippen MR) is 98.7 cm³/mol. The van der Waals surface area contributed by atoms with Crippen molar-refractivity contribution < 1.29 is 9.21 Å². The van der Waals surface area contributed by atoms with Crippen LogP contribution in [0.25, 0.3) is 0 Å². The number of rotatable bonds is 6. The Labute approximate surface area is 155 Å². The van der Waals surface area contributed by atoms with Gasteiger partial charge in [0.2, 0.25) is 11.8 Å². The smallest absolute Gasteiger partial charge is 0.277 e. The van der Waals surface area contributed by atoms with Crippen LogP contribution in [0.15, 0.2) is 64.2 Å². The van der Waals surface area contributed by atoms with Gasteiger partial charge >= 0.3 is 0 Å². The first-order valence-corrected chi connectivity index (χ1v) is 8.86. The van der Waals surface area contributed by atoms with E-state index in [1.54, 1.807) is 31.2 Å². The lowest BCUT2D eigenvalue weighted by Gasteiger charge is -2.09. The Morgan fingerprint density at radius 1 is 1.23 bits per heavy atom. The van der Waals surface area contributed by atoms with Crippen molar-refractivity contribution in [3.63, 3.8) is 0 Å². The maximum absolute atomic E-state index is 12.3. The molecule has 0 bridgehead atoms. The Hall–Kier alpha value is -3.11. The maximum atomic E-state index is 12.3. The van der Waals surface area contributed by atoms with E-state index in [9.17, 15) is 4.79 Å². The van der Waals surface area contributed by atoms with Crippen molar-refractivity contribution >= 4 is 23.4 Å². The lowest BCUT2D eigenvalue weighted by Crippen LogP contribution is -2.22. The van der Waals surface area contributed by atoms with E-state index in [1.165, 1.54) is 11.8 Å². The van der Waals surface area contributed by atoms with E-state index in [0.717, 1.165) is 5.56 Å². The number of thioether (sulfide) groups is 1. The fraction of sp³-hybridized carbons (Fsp3) is 0.158. The molecular formula is C19H16N4O2S. The van der Waals surface area contributed by atoms with Crippen molar-refractivity contribution in [3.05, 3.63) is 71.6 Å². The summed E-state index contributed by atoms with van der Waals surface area (Å²) in [4.78, 5) is 12.3. The molecule has 0 fully saturated rings. The summed E-state index contributed by atoms with van der Waals surface area (Å²) in [7, 11) is 0. The summed E-state index contributed by atoms with van der Waals surface area (Å²) in [6.07, 6.45) is 0.552. The number of carbonyl (C=O) groups is 1. The van der Waals surface area contributed by atoms with Crippen LogP contribution in [0.4, 0.5) is 5.69 Å². The molecule has 0 aliphatic heterocycles. The van der Waals surface area contributed by atoms with Crippen LogP contribution in [0.3, 0.4) is 0 Å². The van der Waals surface area contributed by atoms with Crippen LogP contribution >= 0.6 is 11.8 Å². The summed E-state index contributed by atoms with van der Waals surface area (Å²) in [6, 6.07) is 18.6. The van der Waals surface area contributed by atoms with Crippen LogP contribution < -0.4 is 5.32 Å². The average molecular weight is 364 g/mol. The minimum atomic E-state index is -0.425. The van der Waals surface area contributed by atoms with Gasteiger partial charge in [0.1, 0.15) is 0 Å². The first-order valence-electron chi connectivity index (χ1n) is 7.98. The molecule has 130 valence electrons. The Bertz CT molecular complexity index is 934. The summed E-state index contributed by atoms with van der Waals surface area (Å²) in [5, 5.41) is 19.6. The highest BCUT2D eigenvalue weighted by atomic mass is 32.2. The highest BCUT2D eigenvalue weighted by Crippen LogP contribution is 2.24. The number of aromatic nitrogens is 2. The van der Waals surface area contributed by atoms with E-state index in [0.29, 0.717) is 28.8 Å². The zero-order chi connectivity index (χ0) is 18.4. The van der Waals surface area contributed by atoms with Gasteiger partial charge in [0.05, 0.1) is 23.3 Å². The number of hydrogen-bond acceptors (Lipinski definition) is 6. The first kappa shape index (κ1) is 17.7. The Morgan fingerprint density at radius 3 is 2.81 bits per heavy atom. The lowest BCUT2D eigenvalue weighted by atomic mass is 10.2. The summed E-state index contributed by atoms with van der Waals surface area (Å²) in [5.41, 5.74) is 2.15. The summed E-state index contributed by atoms with van der Waals surface area (Å²) < 4.78 is 5.61. The third-order valence-electron chi connectivity index (χ3n) is 3.55. The SMILES string of the molecule is CC(Sc1nnc(Cc2ccccc2)o1)C(=O)Nc1cccc(C#N)c1. The Morgan fingerprint density at radius 2 is 2.04 bits per heavy atom. The number of nitriles is 1. The van der Waals surface area contributed by atoms with Gasteiger partial charge in [-0.1, -0.05) is 48.2 Å². The fourth-order valence-corrected chi connectivity index (χ4v) is 2.94. The molecule has 1 aromatic heterocycles. The average Bonchev–Trinajstić information content (AvgIpc) is 3.09. The molecule has 0 aliphatic carbocycles. The van der Waals surface area contributed by atoms with Crippen LogP contribution in [0.1, 0.15) is 23.9 Å². The lowest BCUT2D eigenvalue weighted by molar-refractivity contribution is -0.115. The number of amides is 1. The predicted octanol–water partition coefficient (Wildman–Crippen LogP) is 3.65. The molecule has 1 atom stereocenters. The van der Waals surface area contributed by atoms with Gasteiger partial charge in [-0.05, 0) is 30.7 Å². The number of nitrogens with one attached hydrogen (secondary N) is 1.